The molecule has 4 aromatic rings. The first-order valence-corrected chi connectivity index (χ1v) is 11.9. The number of rotatable bonds is 7. The first-order chi connectivity index (χ1) is 17.2. The molecule has 1 aromatic heterocycles. The zero-order valence-corrected chi connectivity index (χ0v) is 22.4. The maximum atomic E-state index is 10.8. The van der Waals surface area contributed by atoms with Gasteiger partial charge in [-0.2, -0.15) is 0 Å². The van der Waals surface area contributed by atoms with Crippen LogP contribution in [0.15, 0.2) is 94.9 Å². The van der Waals surface area contributed by atoms with Crippen LogP contribution in [-0.2, 0) is 4.79 Å². The third-order valence-electron chi connectivity index (χ3n) is 6.31. The minimum atomic E-state index is -1.24. The molecule has 0 spiro atoms. The molecule has 1 fully saturated rings. The van der Waals surface area contributed by atoms with Crippen molar-refractivity contribution >= 4 is 12.0 Å². The van der Waals surface area contributed by atoms with Crippen molar-refractivity contribution in [1.29, 1.82) is 0 Å². The molecular formula is C30H26NNaO4. The van der Waals surface area contributed by atoms with Crippen LogP contribution >= 0.6 is 0 Å². The molecule has 1 aliphatic carbocycles. The van der Waals surface area contributed by atoms with Gasteiger partial charge in [-0.25, -0.2) is 4.98 Å². The number of nitrogens with zero attached hydrogens (tertiary/aromatic N) is 1. The van der Waals surface area contributed by atoms with E-state index in [1.165, 1.54) is 5.57 Å². The van der Waals surface area contributed by atoms with Crippen molar-refractivity contribution in [2.24, 2.45) is 0 Å². The molecule has 1 unspecified atom stereocenters. The van der Waals surface area contributed by atoms with Gasteiger partial charge in [-0.05, 0) is 37.0 Å². The predicted octanol–water partition coefficient (Wildman–Crippen LogP) is 2.88. The predicted molar refractivity (Wildman–Crippen MR) is 134 cm³/mol. The van der Waals surface area contributed by atoms with Gasteiger partial charge in [0.15, 0.2) is 5.76 Å². The number of hydrogen-bond acceptors (Lipinski definition) is 5. The molecule has 0 aliphatic heterocycles. The van der Waals surface area contributed by atoms with Crippen molar-refractivity contribution in [2.75, 3.05) is 6.61 Å². The fourth-order valence-corrected chi connectivity index (χ4v) is 4.69. The Morgan fingerprint density at radius 1 is 0.972 bits per heavy atom. The molecular weight excluding hydrogens is 461 g/mol. The third-order valence-corrected chi connectivity index (χ3v) is 6.31. The smallest absolute Gasteiger partial charge is 0.546 e. The van der Waals surface area contributed by atoms with Crippen molar-refractivity contribution in [3.05, 3.63) is 102 Å². The second-order valence-electron chi connectivity index (χ2n) is 8.71. The molecule has 0 bridgehead atoms. The number of aliphatic carboxylic acids is 1. The van der Waals surface area contributed by atoms with Crippen molar-refractivity contribution < 1.29 is 48.6 Å². The van der Waals surface area contributed by atoms with Crippen molar-refractivity contribution in [1.82, 2.24) is 4.98 Å². The fraction of sp³-hybridized carbons (Fsp3) is 0.200. The number of aromatic nitrogens is 1. The first-order valence-electron chi connectivity index (χ1n) is 11.9. The van der Waals surface area contributed by atoms with Crippen molar-refractivity contribution in [3.63, 3.8) is 0 Å². The Labute approximate surface area is 233 Å². The van der Waals surface area contributed by atoms with Crippen LogP contribution in [0.5, 0.6) is 5.75 Å². The summed E-state index contributed by atoms with van der Waals surface area (Å²) >= 11 is 0. The van der Waals surface area contributed by atoms with Crippen LogP contribution in [0.4, 0.5) is 0 Å². The zero-order valence-electron chi connectivity index (χ0n) is 20.4. The largest absolute Gasteiger partial charge is 1.00 e. The van der Waals surface area contributed by atoms with Crippen LogP contribution in [0, 0.1) is 0 Å². The number of allylic oxidation sites excluding steroid dienone is 1. The van der Waals surface area contributed by atoms with E-state index in [1.807, 2.05) is 72.8 Å². The number of carbonyl (C=O) groups is 1. The average molecular weight is 488 g/mol. The van der Waals surface area contributed by atoms with Crippen LogP contribution in [0.3, 0.4) is 0 Å². The van der Waals surface area contributed by atoms with E-state index in [-0.39, 0.29) is 35.5 Å². The molecule has 0 radical (unpaired) electrons. The zero-order chi connectivity index (χ0) is 24.0. The molecule has 5 rings (SSSR count). The van der Waals surface area contributed by atoms with Gasteiger partial charge in [-0.3, -0.25) is 0 Å². The van der Waals surface area contributed by atoms with E-state index in [9.17, 15) is 9.90 Å². The Morgan fingerprint density at radius 2 is 1.69 bits per heavy atom. The minimum Gasteiger partial charge on any atom is -0.546 e. The van der Waals surface area contributed by atoms with E-state index in [1.54, 1.807) is 6.07 Å². The Balaban J connectivity index is 0.00000304. The summed E-state index contributed by atoms with van der Waals surface area (Å²) in [6.45, 7) is -0.461. The Hall–Kier alpha value is -3.12. The molecule has 3 aromatic carbocycles. The molecule has 1 atom stereocenters. The minimum absolute atomic E-state index is 0. The van der Waals surface area contributed by atoms with E-state index >= 15 is 0 Å². The summed E-state index contributed by atoms with van der Waals surface area (Å²) in [5, 5.41) is 10.8. The molecule has 1 heterocycles. The number of benzene rings is 3. The maximum absolute atomic E-state index is 10.8. The van der Waals surface area contributed by atoms with E-state index < -0.39 is 12.6 Å². The van der Waals surface area contributed by atoms with Gasteiger partial charge in [-0.15, -0.1) is 0 Å². The number of carboxylic acid groups (broad SMARTS) is 1. The van der Waals surface area contributed by atoms with Crippen LogP contribution in [0.2, 0.25) is 0 Å². The Kier molecular flexibility index (Phi) is 8.81. The molecule has 36 heavy (non-hydrogen) atoms. The molecule has 0 amide bonds. The van der Waals surface area contributed by atoms with Crippen LogP contribution < -0.4 is 39.4 Å². The quantitative estimate of drug-likeness (QED) is 0.375. The maximum Gasteiger partial charge on any atom is 1.00 e. The number of oxazole rings is 1. The normalized spacial score (nSPS) is 16.3. The number of ether oxygens (including phenoxy) is 1. The van der Waals surface area contributed by atoms with Gasteiger partial charge >= 0.3 is 29.6 Å². The summed E-state index contributed by atoms with van der Waals surface area (Å²) in [5.41, 5.74) is 5.19. The summed E-state index contributed by atoms with van der Waals surface area (Å²) in [5.74, 6) is 0.844. The standard InChI is InChI=1S/C30H27NO4.Na/c32-28(33)20-34-25-16-9-15-23(18-25)26-17-8-7-14-24(26)19-27-31-29(21-10-3-1-4-11-21)30(35-27)22-12-5-2-6-13-22;/h1-6,9-13,15-16,18-19,26H,7-8,14,17,20H2,(H,32,33);/q;+1/p-1. The van der Waals surface area contributed by atoms with Gasteiger partial charge in [0, 0.05) is 23.1 Å². The summed E-state index contributed by atoms with van der Waals surface area (Å²) in [7, 11) is 0. The van der Waals surface area contributed by atoms with Gasteiger partial charge in [-0.1, -0.05) is 84.8 Å². The summed E-state index contributed by atoms with van der Waals surface area (Å²) < 4.78 is 11.7. The van der Waals surface area contributed by atoms with Crippen LogP contribution in [-0.4, -0.2) is 17.6 Å². The Bertz CT molecular complexity index is 1270. The van der Waals surface area contributed by atoms with E-state index in [0.717, 1.165) is 53.8 Å². The monoisotopic (exact) mass is 487 g/mol. The van der Waals surface area contributed by atoms with Crippen molar-refractivity contribution in [3.8, 4) is 28.3 Å². The summed E-state index contributed by atoms with van der Waals surface area (Å²) in [6, 6.07) is 27.8. The fourth-order valence-electron chi connectivity index (χ4n) is 4.69. The second kappa shape index (κ2) is 12.2. The summed E-state index contributed by atoms with van der Waals surface area (Å²) in [4.78, 5) is 15.7. The number of carbonyl (C=O) groups excluding carboxylic acids is 1. The van der Waals surface area contributed by atoms with E-state index in [0.29, 0.717) is 11.6 Å². The van der Waals surface area contributed by atoms with Crippen molar-refractivity contribution in [2.45, 2.75) is 31.6 Å². The first kappa shape index (κ1) is 26.0. The second-order valence-corrected chi connectivity index (χ2v) is 8.71. The van der Waals surface area contributed by atoms with Crippen LogP contribution in [0.1, 0.15) is 43.1 Å². The average Bonchev–Trinajstić information content (AvgIpc) is 3.33. The Morgan fingerprint density at radius 3 is 2.42 bits per heavy atom. The molecule has 1 aliphatic rings. The molecule has 5 nitrogen and oxygen atoms in total. The van der Waals surface area contributed by atoms with Crippen LogP contribution in [0.25, 0.3) is 28.7 Å². The van der Waals surface area contributed by atoms with E-state index in [4.69, 9.17) is 14.1 Å². The topological polar surface area (TPSA) is 75.4 Å². The molecule has 176 valence electrons. The van der Waals surface area contributed by atoms with Gasteiger partial charge in [0.2, 0.25) is 5.89 Å². The SMILES string of the molecule is O=C([O-])COc1cccc(C2CCCCC2=Cc2nc(-c3ccccc3)c(-c3ccccc3)o2)c1.[Na+]. The molecule has 0 N–H and O–H groups in total. The molecule has 1 saturated carbocycles. The van der Waals surface area contributed by atoms with Gasteiger partial charge < -0.3 is 19.1 Å². The van der Waals surface area contributed by atoms with E-state index in [2.05, 4.69) is 12.1 Å². The number of hydrogen-bond donors (Lipinski definition) is 0. The third kappa shape index (κ3) is 6.16. The van der Waals surface area contributed by atoms with Gasteiger partial charge in [0.05, 0.1) is 5.97 Å². The molecule has 0 saturated heterocycles. The number of carboxylic acids is 1. The molecule has 6 heteroatoms. The van der Waals surface area contributed by atoms with Gasteiger partial charge in [0.25, 0.3) is 0 Å². The summed E-state index contributed by atoms with van der Waals surface area (Å²) in [6.07, 6.45) is 6.28. The van der Waals surface area contributed by atoms with Gasteiger partial charge in [0.1, 0.15) is 18.1 Å².